The number of hydrogen-bond donors (Lipinski definition) is 2. The van der Waals surface area contributed by atoms with Gasteiger partial charge in [-0.25, -0.2) is 13.2 Å². The van der Waals surface area contributed by atoms with Crippen LogP contribution in [0.25, 0.3) is 0 Å². The molecule has 2 aromatic rings. The Bertz CT molecular complexity index is 522. The van der Waals surface area contributed by atoms with E-state index in [4.69, 9.17) is 0 Å². The van der Waals surface area contributed by atoms with Crippen LogP contribution >= 0.6 is 0 Å². The van der Waals surface area contributed by atoms with Crippen molar-refractivity contribution in [2.24, 2.45) is 0 Å². The molecule has 1 heterocycles. The number of hydrogen-bond acceptors (Lipinski definition) is 3. The monoisotopic (exact) mass is 271 g/mol. The topological polar surface area (TPSA) is 50.1 Å². The van der Waals surface area contributed by atoms with E-state index in [0.29, 0.717) is 12.1 Å². The summed E-state index contributed by atoms with van der Waals surface area (Å²) in [5.74, 6) is -3.06. The number of anilines is 1. The Balaban J connectivity index is 1.95. The summed E-state index contributed by atoms with van der Waals surface area (Å²) in [6.45, 7) is 0.101. The van der Waals surface area contributed by atoms with E-state index in [9.17, 15) is 18.3 Å². The molecule has 0 amide bonds. The van der Waals surface area contributed by atoms with Gasteiger partial charge in [0.25, 0.3) is 0 Å². The van der Waals surface area contributed by atoms with E-state index in [-0.39, 0.29) is 13.1 Å². The van der Waals surface area contributed by atoms with Crippen molar-refractivity contribution in [1.29, 1.82) is 0 Å². The maximum Gasteiger partial charge on any atom is 0.152 e. The van der Waals surface area contributed by atoms with Crippen LogP contribution in [-0.4, -0.2) is 27.5 Å². The first-order valence-electron chi connectivity index (χ1n) is 5.60. The van der Waals surface area contributed by atoms with Gasteiger partial charge in [0.1, 0.15) is 11.5 Å². The van der Waals surface area contributed by atoms with Crippen molar-refractivity contribution in [2.45, 2.75) is 12.6 Å². The van der Waals surface area contributed by atoms with Gasteiger partial charge in [0.15, 0.2) is 11.6 Å². The van der Waals surface area contributed by atoms with Crippen LogP contribution in [0.5, 0.6) is 0 Å². The summed E-state index contributed by atoms with van der Waals surface area (Å²) in [6, 6.07) is 2.84. The number of benzene rings is 1. The third-order valence-electron chi connectivity index (χ3n) is 2.48. The molecule has 1 aromatic heterocycles. The van der Waals surface area contributed by atoms with Gasteiger partial charge < -0.3 is 10.4 Å². The van der Waals surface area contributed by atoms with Crippen molar-refractivity contribution >= 4 is 5.69 Å². The lowest BCUT2D eigenvalue weighted by Gasteiger charge is -2.14. The fourth-order valence-corrected chi connectivity index (χ4v) is 1.62. The highest BCUT2D eigenvalue weighted by Crippen LogP contribution is 2.19. The Hall–Kier alpha value is -2.02. The fourth-order valence-electron chi connectivity index (χ4n) is 1.62. The van der Waals surface area contributed by atoms with E-state index in [1.54, 1.807) is 18.5 Å². The molecule has 0 radical (unpaired) electrons. The summed E-state index contributed by atoms with van der Waals surface area (Å²) in [5, 5.41) is 16.0. The first kappa shape index (κ1) is 13.4. The molecule has 4 nitrogen and oxygen atoms in total. The standard InChI is InChI=1S/C12H12F3N3O/c13-8-4-10(14)12(11(15)5-8)16-6-9(19)7-18-3-1-2-17-18/h1-5,9,16,19H,6-7H2. The van der Waals surface area contributed by atoms with E-state index in [1.807, 2.05) is 0 Å². The quantitative estimate of drug-likeness (QED) is 0.871. The molecule has 19 heavy (non-hydrogen) atoms. The smallest absolute Gasteiger partial charge is 0.152 e. The van der Waals surface area contributed by atoms with Gasteiger partial charge in [-0.05, 0) is 6.07 Å². The van der Waals surface area contributed by atoms with Gasteiger partial charge in [0, 0.05) is 31.1 Å². The summed E-state index contributed by atoms with van der Waals surface area (Å²) in [5.41, 5.74) is -0.457. The zero-order valence-electron chi connectivity index (χ0n) is 9.85. The number of aliphatic hydroxyl groups is 1. The van der Waals surface area contributed by atoms with Crippen molar-refractivity contribution in [3.05, 3.63) is 48.0 Å². The molecule has 1 aromatic carbocycles. The molecule has 0 aliphatic heterocycles. The van der Waals surface area contributed by atoms with Crippen LogP contribution in [0.1, 0.15) is 0 Å². The molecular formula is C12H12F3N3O. The second-order valence-electron chi connectivity index (χ2n) is 4.01. The summed E-state index contributed by atoms with van der Waals surface area (Å²) in [4.78, 5) is 0. The summed E-state index contributed by atoms with van der Waals surface area (Å²) in [7, 11) is 0. The number of nitrogens with zero attached hydrogens (tertiary/aromatic N) is 2. The minimum atomic E-state index is -1.04. The Morgan fingerprint density at radius 3 is 2.53 bits per heavy atom. The largest absolute Gasteiger partial charge is 0.389 e. The molecule has 0 saturated heterocycles. The third kappa shape index (κ3) is 3.47. The van der Waals surface area contributed by atoms with Gasteiger partial charge in [0.05, 0.1) is 12.6 Å². The highest BCUT2D eigenvalue weighted by molar-refractivity contribution is 5.46. The molecule has 1 atom stereocenters. The molecule has 0 bridgehead atoms. The Morgan fingerprint density at radius 1 is 1.26 bits per heavy atom. The number of aromatic nitrogens is 2. The average molecular weight is 271 g/mol. The Labute approximate surface area is 107 Å². The Morgan fingerprint density at radius 2 is 1.95 bits per heavy atom. The first-order chi connectivity index (χ1) is 9.06. The first-order valence-corrected chi connectivity index (χ1v) is 5.60. The second-order valence-corrected chi connectivity index (χ2v) is 4.01. The van der Waals surface area contributed by atoms with Gasteiger partial charge in [-0.2, -0.15) is 5.10 Å². The molecule has 0 fully saturated rings. The molecule has 2 rings (SSSR count). The van der Waals surface area contributed by atoms with E-state index < -0.39 is 29.2 Å². The minimum Gasteiger partial charge on any atom is -0.389 e. The maximum absolute atomic E-state index is 13.3. The summed E-state index contributed by atoms with van der Waals surface area (Å²) < 4.78 is 40.8. The molecule has 0 aliphatic carbocycles. The van der Waals surface area contributed by atoms with Gasteiger partial charge >= 0.3 is 0 Å². The van der Waals surface area contributed by atoms with Crippen LogP contribution in [0.3, 0.4) is 0 Å². The van der Waals surface area contributed by atoms with Gasteiger partial charge in [0.2, 0.25) is 0 Å². The molecule has 0 saturated carbocycles. The van der Waals surface area contributed by atoms with Crippen LogP contribution in [0.15, 0.2) is 30.6 Å². The van der Waals surface area contributed by atoms with E-state index in [1.165, 1.54) is 4.68 Å². The molecule has 0 aliphatic rings. The second kappa shape index (κ2) is 5.75. The Kier molecular flexibility index (Phi) is 4.06. The van der Waals surface area contributed by atoms with Crippen LogP contribution < -0.4 is 5.32 Å². The van der Waals surface area contributed by atoms with Crippen molar-refractivity contribution in [1.82, 2.24) is 9.78 Å². The predicted molar refractivity (Wildman–Crippen MR) is 63.0 cm³/mol. The van der Waals surface area contributed by atoms with E-state index in [2.05, 4.69) is 10.4 Å². The van der Waals surface area contributed by atoms with Crippen molar-refractivity contribution in [2.75, 3.05) is 11.9 Å². The molecular weight excluding hydrogens is 259 g/mol. The summed E-state index contributed by atoms with van der Waals surface area (Å²) in [6.07, 6.45) is 2.32. The minimum absolute atomic E-state index is 0.0840. The zero-order chi connectivity index (χ0) is 13.8. The van der Waals surface area contributed by atoms with E-state index >= 15 is 0 Å². The summed E-state index contributed by atoms with van der Waals surface area (Å²) >= 11 is 0. The lowest BCUT2D eigenvalue weighted by atomic mass is 10.2. The van der Waals surface area contributed by atoms with Crippen molar-refractivity contribution < 1.29 is 18.3 Å². The number of rotatable bonds is 5. The van der Waals surface area contributed by atoms with Gasteiger partial charge in [-0.15, -0.1) is 0 Å². The van der Waals surface area contributed by atoms with Crippen molar-refractivity contribution in [3.63, 3.8) is 0 Å². The number of nitrogens with one attached hydrogen (secondary N) is 1. The maximum atomic E-state index is 13.3. The van der Waals surface area contributed by atoms with Crippen LogP contribution in [0.4, 0.5) is 18.9 Å². The van der Waals surface area contributed by atoms with Crippen LogP contribution in [0, 0.1) is 17.5 Å². The molecule has 1 unspecified atom stereocenters. The highest BCUT2D eigenvalue weighted by Gasteiger charge is 2.13. The molecule has 2 N–H and O–H groups in total. The molecule has 102 valence electrons. The van der Waals surface area contributed by atoms with Gasteiger partial charge in [-0.3, -0.25) is 4.68 Å². The predicted octanol–water partition coefficient (Wildman–Crippen LogP) is 1.77. The lowest BCUT2D eigenvalue weighted by Crippen LogP contribution is -2.25. The normalized spacial score (nSPS) is 12.4. The van der Waals surface area contributed by atoms with Crippen molar-refractivity contribution in [3.8, 4) is 0 Å². The fraction of sp³-hybridized carbons (Fsp3) is 0.250. The average Bonchev–Trinajstić information content (AvgIpc) is 2.80. The molecule has 7 heteroatoms. The SMILES string of the molecule is OC(CNc1c(F)cc(F)cc1F)Cn1cccn1. The zero-order valence-corrected chi connectivity index (χ0v) is 9.85. The van der Waals surface area contributed by atoms with Crippen LogP contribution in [0.2, 0.25) is 0 Å². The number of halogens is 3. The third-order valence-corrected chi connectivity index (χ3v) is 2.48. The highest BCUT2D eigenvalue weighted by atomic mass is 19.1. The van der Waals surface area contributed by atoms with E-state index in [0.717, 1.165) is 0 Å². The van der Waals surface area contributed by atoms with Gasteiger partial charge in [-0.1, -0.05) is 0 Å². The lowest BCUT2D eigenvalue weighted by molar-refractivity contribution is 0.161. The van der Waals surface area contributed by atoms with Crippen LogP contribution in [-0.2, 0) is 6.54 Å². The molecule has 0 spiro atoms. The number of aliphatic hydroxyl groups excluding tert-OH is 1.